The largest absolute Gasteiger partial charge is 0.693 e. The number of aliphatic carboxylic acids is 2. The van der Waals surface area contributed by atoms with E-state index in [-0.39, 0.29) is 12.3 Å². The third-order valence-electron chi connectivity index (χ3n) is 0.183. The van der Waals surface area contributed by atoms with Crippen LogP contribution >= 0.6 is 9.42 Å². The molecule has 6 N–H and O–H groups in total. The Morgan fingerprint density at radius 1 is 1.15 bits per heavy atom. The fraction of sp³-hybridized carbons (Fsp3) is 0. The fourth-order valence-electron chi connectivity index (χ4n) is 0. The summed E-state index contributed by atoms with van der Waals surface area (Å²) in [5, 5.41) is 23.8. The molecule has 13 heavy (non-hydrogen) atoms. The predicted octanol–water partition coefficient (Wildman–Crippen LogP) is 1.53. The Labute approximate surface area is 88.0 Å². The van der Waals surface area contributed by atoms with Crippen LogP contribution in [0.25, 0.3) is 12.3 Å². The third kappa shape index (κ3) is 91.5. The van der Waals surface area contributed by atoms with E-state index in [0.29, 0.717) is 0 Å². The van der Waals surface area contributed by atoms with Crippen molar-refractivity contribution >= 4 is 21.4 Å². The van der Waals surface area contributed by atoms with Gasteiger partial charge in [-0.1, -0.05) is 0 Å². The van der Waals surface area contributed by atoms with Gasteiger partial charge in [-0.25, -0.2) is 9.59 Å². The van der Waals surface area contributed by atoms with Gasteiger partial charge in [0.15, 0.2) is 0 Å². The van der Waals surface area contributed by atoms with Crippen LogP contribution in [0.5, 0.6) is 0 Å². The molecule has 0 aromatic carbocycles. The number of nitrogens with two attached hydrogens (primary N) is 2. The van der Waals surface area contributed by atoms with Gasteiger partial charge in [-0.15, -0.1) is 5.34 Å². The van der Waals surface area contributed by atoms with E-state index in [1.165, 1.54) is 0 Å². The first-order valence-corrected chi connectivity index (χ1v) is 4.41. The molecule has 0 saturated heterocycles. The first-order valence-electron chi connectivity index (χ1n) is 1.59. The van der Waals surface area contributed by atoms with E-state index in [1.54, 1.807) is 18.8 Å². The van der Waals surface area contributed by atoms with Crippen molar-refractivity contribution in [1.29, 1.82) is 0 Å². The Balaban J connectivity index is -0.0000000268. The zero-order chi connectivity index (χ0) is 9.86. The number of rotatable bonds is 0. The van der Waals surface area contributed by atoms with Crippen molar-refractivity contribution in [1.82, 2.24) is 0 Å². The number of hydrogen-bond donors (Lipinski definition) is 2. The van der Waals surface area contributed by atoms with Gasteiger partial charge in [0, 0.05) is 0 Å². The van der Waals surface area contributed by atoms with Gasteiger partial charge >= 0.3 is 40.1 Å². The Morgan fingerprint density at radius 2 is 1.23 bits per heavy atom. The van der Waals surface area contributed by atoms with E-state index in [9.17, 15) is 0 Å². The molecule has 0 rings (SSSR count). The average molecular weight is 399 g/mol. The van der Waals surface area contributed by atoms with E-state index in [1.807, 2.05) is 0 Å². The molecule has 0 aliphatic rings. The summed E-state index contributed by atoms with van der Waals surface area (Å²) in [6.07, 6.45) is 0. The Hall–Kier alpha value is -0.762. The van der Waals surface area contributed by atoms with Crippen LogP contribution in [0.1, 0.15) is 0 Å². The molecule has 0 aliphatic heterocycles. The van der Waals surface area contributed by atoms with Gasteiger partial charge in [0.2, 0.25) is 0 Å². The molecule has 0 heterocycles. The van der Waals surface area contributed by atoms with Crippen LogP contribution in [0, 0.1) is 10.1 Å². The van der Waals surface area contributed by atoms with Crippen molar-refractivity contribution < 1.29 is 38.6 Å². The summed E-state index contributed by atoms with van der Waals surface area (Å²) in [7, 11) is 4.61. The molecular formula is C2H6ClN3O6Pt-3. The van der Waals surface area contributed by atoms with E-state index >= 15 is 0 Å². The molecular weight excluding hydrogens is 393 g/mol. The first kappa shape index (κ1) is 29.5. The summed E-state index contributed by atoms with van der Waals surface area (Å²) in [5.41, 5.74) is 0. The molecule has 0 fully saturated rings. The number of hydrogen-bond acceptors (Lipinski definition) is 5. The van der Waals surface area contributed by atoms with Crippen molar-refractivity contribution in [2.24, 2.45) is 5.34 Å². The normalized spacial score (nSPS) is 4.85. The topological polar surface area (TPSA) is 194 Å². The van der Waals surface area contributed by atoms with Crippen LogP contribution < -0.4 is 0 Å². The molecule has 0 amide bonds. The maximum absolute atomic E-state index is 9.10. The molecule has 11 heteroatoms. The Bertz CT molecular complexity index is 121. The molecule has 0 unspecified atom stereocenters. The monoisotopic (exact) mass is 398 g/mol. The van der Waals surface area contributed by atoms with Gasteiger partial charge < -0.3 is 32.6 Å². The van der Waals surface area contributed by atoms with Gasteiger partial charge in [0.1, 0.15) is 0 Å². The smallest absolute Gasteiger partial charge is 0.693 e. The number of nitrogens with zero attached hydrogens (tertiary/aromatic N) is 1. The van der Waals surface area contributed by atoms with Crippen LogP contribution in [-0.4, -0.2) is 22.2 Å². The molecule has 0 spiro atoms. The maximum Gasteiger partial charge on any atom is -0.693 e. The second-order valence-corrected chi connectivity index (χ2v) is 0.685. The van der Waals surface area contributed by atoms with Gasteiger partial charge in [0.25, 0.3) is 0 Å². The first-order chi connectivity index (χ1) is 5.06. The molecule has 0 radical (unpaired) electrons. The van der Waals surface area contributed by atoms with Crippen LogP contribution in [0.15, 0.2) is 5.34 Å². The molecule has 0 aliphatic carbocycles. The summed E-state index contributed by atoms with van der Waals surface area (Å²) < 4.78 is 0. The Kier molecular flexibility index (Phi) is 68.7. The summed E-state index contributed by atoms with van der Waals surface area (Å²) in [4.78, 5) is 26.2. The van der Waals surface area contributed by atoms with E-state index in [0.717, 1.165) is 5.34 Å². The van der Waals surface area contributed by atoms with Gasteiger partial charge in [-0.2, -0.15) is 0 Å². The fourth-order valence-corrected chi connectivity index (χ4v) is 0. The molecule has 0 atom stereocenters. The molecule has 0 aromatic heterocycles. The molecule has 0 bridgehead atoms. The minimum Gasteiger partial charge on any atom is -0.693 e. The standard InChI is InChI=1S/C2H2O4.ClH.HNO2.2H2N.Pt/c3-1(4)2(5)6;;2-1-3;;;/h(H,3,4)(H,5,6);1H;(H,2,3);2*1H2;/q;;;2*-1;+1/p-2. The maximum atomic E-state index is 9.10. The molecule has 9 nitrogen and oxygen atoms in total. The average Bonchev–Trinajstić information content (AvgIpc) is 1.93. The summed E-state index contributed by atoms with van der Waals surface area (Å²) in [5.74, 6) is -3.65. The van der Waals surface area contributed by atoms with Crippen LogP contribution in [0.2, 0.25) is 0 Å². The Morgan fingerprint density at radius 3 is 1.23 bits per heavy atom. The summed E-state index contributed by atoms with van der Waals surface area (Å²) >= 11 is 1.61. The van der Waals surface area contributed by atoms with E-state index < -0.39 is 11.9 Å². The number of carboxylic acid groups (broad SMARTS) is 2. The number of carboxylic acids is 2. The van der Waals surface area contributed by atoms with Crippen molar-refractivity contribution in [2.75, 3.05) is 0 Å². The van der Waals surface area contributed by atoms with Crippen molar-refractivity contribution in [3.05, 3.63) is 22.4 Å². The van der Waals surface area contributed by atoms with Crippen molar-refractivity contribution in [3.8, 4) is 0 Å². The third-order valence-corrected chi connectivity index (χ3v) is 0.183. The van der Waals surface area contributed by atoms with Crippen LogP contribution in [-0.2, 0) is 28.4 Å². The number of carbonyl (C=O) groups is 2. The SMILES string of the molecule is O=C(O)C(=O)O.O=N[O-].[Cl][Pt].[NH2-].[NH2-]. The molecule has 0 saturated carbocycles. The molecule has 0 aromatic rings. The van der Waals surface area contributed by atoms with Crippen molar-refractivity contribution in [2.45, 2.75) is 0 Å². The van der Waals surface area contributed by atoms with Gasteiger partial charge in [0.05, 0.1) is 0 Å². The summed E-state index contributed by atoms with van der Waals surface area (Å²) in [6, 6.07) is 0. The minimum atomic E-state index is -1.82. The van der Waals surface area contributed by atoms with Crippen LogP contribution in [0.4, 0.5) is 0 Å². The summed E-state index contributed by atoms with van der Waals surface area (Å²) in [6.45, 7) is 0. The van der Waals surface area contributed by atoms with E-state index in [2.05, 4.69) is 9.42 Å². The van der Waals surface area contributed by atoms with Crippen molar-refractivity contribution in [3.63, 3.8) is 0 Å². The van der Waals surface area contributed by atoms with Gasteiger partial charge in [-0.05, 0) is 0 Å². The van der Waals surface area contributed by atoms with Crippen LogP contribution in [0.3, 0.4) is 0 Å². The minimum absolute atomic E-state index is 0. The van der Waals surface area contributed by atoms with Gasteiger partial charge in [-0.3, -0.25) is 0 Å². The zero-order valence-corrected chi connectivity index (χ0v) is 8.85. The second-order valence-electron chi connectivity index (χ2n) is 0.685. The predicted molar refractivity (Wildman–Crippen MR) is 40.9 cm³/mol. The number of halogens is 1. The quantitative estimate of drug-likeness (QED) is 0.352. The molecule has 85 valence electrons. The second kappa shape index (κ2) is 30.3. The zero-order valence-electron chi connectivity index (χ0n) is 5.82. The van der Waals surface area contributed by atoms with E-state index in [4.69, 9.17) is 29.9 Å².